The normalized spacial score (nSPS) is 25.4. The Hall–Kier alpha value is -1.10. The Morgan fingerprint density at radius 2 is 1.96 bits per heavy atom. The summed E-state index contributed by atoms with van der Waals surface area (Å²) in [7, 11) is 1.55. The van der Waals surface area contributed by atoms with E-state index in [9.17, 15) is 5.11 Å². The lowest BCUT2D eigenvalue weighted by molar-refractivity contribution is -0.335. The molecule has 1 fully saturated rings. The maximum absolute atomic E-state index is 9.74. The molecule has 2 rings (SSSR count). The van der Waals surface area contributed by atoms with Crippen molar-refractivity contribution in [2.45, 2.75) is 57.3 Å². The first-order chi connectivity index (χ1) is 13.4. The number of rotatable bonds is 11. The zero-order chi connectivity index (χ0) is 20.6. The summed E-state index contributed by atoms with van der Waals surface area (Å²) in [6, 6.07) is 9.64. The van der Waals surface area contributed by atoms with Crippen LogP contribution in [0.4, 0.5) is 0 Å². The lowest BCUT2D eigenvalue weighted by Gasteiger charge is -2.41. The molecule has 0 amide bonds. The highest BCUT2D eigenvalue weighted by molar-refractivity contribution is 5.16. The fourth-order valence-corrected chi connectivity index (χ4v) is 2.93. The zero-order valence-electron chi connectivity index (χ0n) is 16.9. The van der Waals surface area contributed by atoms with Crippen molar-refractivity contribution in [1.29, 1.82) is 0 Å². The van der Waals surface area contributed by atoms with Gasteiger partial charge < -0.3 is 38.6 Å². The number of aliphatic hydroxyl groups excluding tert-OH is 2. The van der Waals surface area contributed by atoms with E-state index in [0.29, 0.717) is 0 Å². The van der Waals surface area contributed by atoms with Crippen LogP contribution in [-0.2, 0) is 28.4 Å². The maximum atomic E-state index is 9.74. The van der Waals surface area contributed by atoms with E-state index in [-0.39, 0.29) is 26.6 Å². The van der Waals surface area contributed by atoms with Crippen molar-refractivity contribution in [3.05, 3.63) is 35.9 Å². The van der Waals surface area contributed by atoms with E-state index in [1.165, 1.54) is 0 Å². The molecule has 8 heteroatoms. The second kappa shape index (κ2) is 11.2. The van der Waals surface area contributed by atoms with E-state index in [1.54, 1.807) is 27.9 Å². The van der Waals surface area contributed by atoms with Crippen molar-refractivity contribution in [2.24, 2.45) is 0 Å². The Kier molecular flexibility index (Phi) is 9.26. The van der Waals surface area contributed by atoms with Crippen LogP contribution in [0.1, 0.15) is 32.6 Å². The first-order valence-electron chi connectivity index (χ1n) is 9.39. The summed E-state index contributed by atoms with van der Waals surface area (Å²) in [6.07, 6.45) is -2.98. The number of ether oxygens (including phenoxy) is 6. The first kappa shape index (κ1) is 23.2. The van der Waals surface area contributed by atoms with Crippen molar-refractivity contribution >= 4 is 0 Å². The summed E-state index contributed by atoms with van der Waals surface area (Å²) in [5.74, 6) is -1.04. The van der Waals surface area contributed by atoms with Crippen LogP contribution >= 0.6 is 0 Å². The molecule has 0 bridgehead atoms. The van der Waals surface area contributed by atoms with Gasteiger partial charge in [0.25, 0.3) is 0 Å². The number of aliphatic hydroxyl groups is 2. The van der Waals surface area contributed by atoms with Gasteiger partial charge in [-0.2, -0.15) is 0 Å². The van der Waals surface area contributed by atoms with Crippen molar-refractivity contribution in [1.82, 2.24) is 0 Å². The second-order valence-electron chi connectivity index (χ2n) is 7.16. The highest BCUT2D eigenvalue weighted by atomic mass is 16.8. The molecule has 1 aromatic carbocycles. The molecule has 0 aliphatic carbocycles. The lowest BCUT2D eigenvalue weighted by Crippen LogP contribution is -2.50. The van der Waals surface area contributed by atoms with Gasteiger partial charge in [-0.15, -0.1) is 0 Å². The molecule has 0 radical (unpaired) electrons. The average molecular weight is 400 g/mol. The van der Waals surface area contributed by atoms with Crippen molar-refractivity contribution in [3.8, 4) is 0 Å². The Labute approximate surface area is 166 Å². The van der Waals surface area contributed by atoms with Crippen LogP contribution in [-0.4, -0.2) is 74.1 Å². The molecule has 5 atom stereocenters. The molecule has 0 aromatic heterocycles. The quantitative estimate of drug-likeness (QED) is 0.427. The minimum atomic E-state index is -1.04. The molecule has 2 N–H and O–H groups in total. The van der Waals surface area contributed by atoms with Crippen LogP contribution in [0.3, 0.4) is 0 Å². The minimum Gasteiger partial charge on any atom is -0.394 e. The van der Waals surface area contributed by atoms with Gasteiger partial charge in [0.1, 0.15) is 25.1 Å². The monoisotopic (exact) mass is 400 g/mol. The Balaban J connectivity index is 2.02. The van der Waals surface area contributed by atoms with Gasteiger partial charge >= 0.3 is 0 Å². The smallest absolute Gasteiger partial charge is 0.184 e. The van der Waals surface area contributed by atoms with Crippen LogP contribution in [0.15, 0.2) is 30.3 Å². The highest BCUT2D eigenvalue weighted by Crippen LogP contribution is 2.30. The summed E-state index contributed by atoms with van der Waals surface area (Å²) >= 11 is 0. The van der Waals surface area contributed by atoms with E-state index in [0.717, 1.165) is 5.56 Å². The van der Waals surface area contributed by atoms with Gasteiger partial charge in [0.05, 0.1) is 25.9 Å². The first-order valence-corrected chi connectivity index (χ1v) is 9.39. The third kappa shape index (κ3) is 7.06. The number of hydrogen-bond acceptors (Lipinski definition) is 8. The predicted molar refractivity (Wildman–Crippen MR) is 100 cm³/mol. The van der Waals surface area contributed by atoms with Crippen LogP contribution in [0.5, 0.6) is 0 Å². The number of methoxy groups -OCH3 is 1. The molecular formula is C20H32O8. The Bertz CT molecular complexity index is 552. The Morgan fingerprint density at radius 1 is 1.25 bits per heavy atom. The standard InChI is InChI=1S/C20H32O8/c1-14(16(22)10-21)27-20(2,3)28-18-12-25-19(15-8-6-5-7-9-15)26-17(18)11-24-13-23-4/h5-9,14,16-19,21-22H,10-13H2,1-4H3/t14-,16+,17-,18+,19?/m0/s1. The minimum absolute atomic E-state index is 0.142. The summed E-state index contributed by atoms with van der Waals surface area (Å²) in [5.41, 5.74) is 0.910. The molecule has 1 saturated heterocycles. The fourth-order valence-electron chi connectivity index (χ4n) is 2.93. The van der Waals surface area contributed by atoms with Gasteiger partial charge in [-0.1, -0.05) is 30.3 Å². The summed E-state index contributed by atoms with van der Waals surface area (Å²) < 4.78 is 34.2. The van der Waals surface area contributed by atoms with E-state index in [4.69, 9.17) is 33.5 Å². The van der Waals surface area contributed by atoms with Crippen LogP contribution in [0, 0.1) is 0 Å². The molecule has 1 aromatic rings. The maximum Gasteiger partial charge on any atom is 0.184 e. The molecule has 0 spiro atoms. The third-order valence-electron chi connectivity index (χ3n) is 4.31. The van der Waals surface area contributed by atoms with Crippen LogP contribution in [0.2, 0.25) is 0 Å². The van der Waals surface area contributed by atoms with E-state index in [2.05, 4.69) is 0 Å². The molecule has 8 nitrogen and oxygen atoms in total. The Morgan fingerprint density at radius 3 is 2.61 bits per heavy atom. The van der Waals surface area contributed by atoms with Gasteiger partial charge in [-0.05, 0) is 20.8 Å². The van der Waals surface area contributed by atoms with E-state index in [1.807, 2.05) is 30.3 Å². The summed E-state index contributed by atoms with van der Waals surface area (Å²) in [5, 5.41) is 18.8. The van der Waals surface area contributed by atoms with Crippen molar-refractivity contribution in [2.75, 3.05) is 33.7 Å². The molecule has 1 heterocycles. The number of hydrogen-bond donors (Lipinski definition) is 2. The predicted octanol–water partition coefficient (Wildman–Crippen LogP) is 1.60. The van der Waals surface area contributed by atoms with Crippen LogP contribution in [0.25, 0.3) is 0 Å². The van der Waals surface area contributed by atoms with Crippen molar-refractivity contribution < 1.29 is 38.6 Å². The fraction of sp³-hybridized carbons (Fsp3) is 0.700. The average Bonchev–Trinajstić information content (AvgIpc) is 2.68. The molecule has 28 heavy (non-hydrogen) atoms. The van der Waals surface area contributed by atoms with E-state index >= 15 is 0 Å². The van der Waals surface area contributed by atoms with E-state index < -0.39 is 36.5 Å². The summed E-state index contributed by atoms with van der Waals surface area (Å²) in [4.78, 5) is 0. The molecule has 1 aliphatic rings. The summed E-state index contributed by atoms with van der Waals surface area (Å²) in [6.45, 7) is 5.45. The van der Waals surface area contributed by atoms with Gasteiger partial charge in [-0.25, -0.2) is 0 Å². The SMILES string of the molecule is COCOC[C@@H]1OC(c2ccccc2)OC[C@H]1OC(C)(C)O[C@@H](C)[C@H](O)CO. The largest absolute Gasteiger partial charge is 0.394 e. The molecule has 1 unspecified atom stereocenters. The third-order valence-corrected chi connectivity index (χ3v) is 4.31. The van der Waals surface area contributed by atoms with Gasteiger partial charge in [0.2, 0.25) is 0 Å². The van der Waals surface area contributed by atoms with Gasteiger partial charge in [-0.3, -0.25) is 0 Å². The van der Waals surface area contributed by atoms with Gasteiger partial charge in [0.15, 0.2) is 12.1 Å². The molecule has 1 aliphatic heterocycles. The zero-order valence-corrected chi connectivity index (χ0v) is 16.9. The number of benzene rings is 1. The van der Waals surface area contributed by atoms with Gasteiger partial charge in [0, 0.05) is 12.7 Å². The lowest BCUT2D eigenvalue weighted by atomic mass is 10.1. The molecule has 160 valence electrons. The van der Waals surface area contributed by atoms with Crippen LogP contribution < -0.4 is 0 Å². The van der Waals surface area contributed by atoms with Crippen molar-refractivity contribution in [3.63, 3.8) is 0 Å². The molecule has 0 saturated carbocycles. The second-order valence-corrected chi connectivity index (χ2v) is 7.16. The molecular weight excluding hydrogens is 368 g/mol. The topological polar surface area (TPSA) is 95.8 Å². The highest BCUT2D eigenvalue weighted by Gasteiger charge is 2.38.